The quantitative estimate of drug-likeness (QED) is 0.635. The van der Waals surface area contributed by atoms with Crippen LogP contribution in [0.1, 0.15) is 46.0 Å². The van der Waals surface area contributed by atoms with Crippen LogP contribution in [-0.2, 0) is 14.3 Å². The summed E-state index contributed by atoms with van der Waals surface area (Å²) in [4.78, 5) is 28.6. The number of rotatable bonds is 0. The van der Waals surface area contributed by atoms with Crippen LogP contribution in [0.2, 0.25) is 0 Å². The van der Waals surface area contributed by atoms with Gasteiger partial charge in [0.15, 0.2) is 0 Å². The van der Waals surface area contributed by atoms with Gasteiger partial charge in [-0.15, -0.1) is 0 Å². The molecule has 0 aliphatic carbocycles. The molecule has 3 saturated heterocycles. The smallest absolute Gasteiger partial charge is 0.312 e. The SMILES string of the molecule is CC1(C)CCCCN(C(=O)C(=O)N2CC3CCC(C2)O3)C1. The van der Waals surface area contributed by atoms with Gasteiger partial charge in [-0.05, 0) is 31.1 Å². The topological polar surface area (TPSA) is 49.9 Å². The Balaban J connectivity index is 1.65. The third-order valence-electron chi connectivity index (χ3n) is 4.95. The predicted molar refractivity (Wildman–Crippen MR) is 78.7 cm³/mol. The Morgan fingerprint density at radius 2 is 1.62 bits per heavy atom. The third-order valence-corrected chi connectivity index (χ3v) is 4.95. The number of nitrogens with zero attached hydrogens (tertiary/aromatic N) is 2. The van der Waals surface area contributed by atoms with Crippen LogP contribution in [0.15, 0.2) is 0 Å². The number of carbonyl (C=O) groups excluding carboxylic acids is 2. The van der Waals surface area contributed by atoms with E-state index in [0.717, 1.165) is 32.1 Å². The first-order valence-electron chi connectivity index (χ1n) is 8.18. The van der Waals surface area contributed by atoms with Gasteiger partial charge in [0, 0.05) is 26.2 Å². The van der Waals surface area contributed by atoms with Gasteiger partial charge < -0.3 is 14.5 Å². The maximum atomic E-state index is 12.6. The fraction of sp³-hybridized carbons (Fsp3) is 0.875. The maximum Gasteiger partial charge on any atom is 0.312 e. The Bertz CT molecular complexity index is 423. The van der Waals surface area contributed by atoms with Crippen LogP contribution < -0.4 is 0 Å². The van der Waals surface area contributed by atoms with Gasteiger partial charge in [0.2, 0.25) is 0 Å². The van der Waals surface area contributed by atoms with E-state index in [1.807, 2.05) is 0 Å². The normalized spacial score (nSPS) is 31.9. The minimum absolute atomic E-state index is 0.108. The first kappa shape index (κ1) is 14.8. The van der Waals surface area contributed by atoms with Crippen LogP contribution in [-0.4, -0.2) is 60.0 Å². The molecule has 3 aliphatic heterocycles. The Morgan fingerprint density at radius 3 is 2.29 bits per heavy atom. The molecular weight excluding hydrogens is 268 g/mol. The van der Waals surface area contributed by atoms with Gasteiger partial charge in [-0.2, -0.15) is 0 Å². The third kappa shape index (κ3) is 3.23. The highest BCUT2D eigenvalue weighted by atomic mass is 16.5. The number of likely N-dealkylation sites (tertiary alicyclic amines) is 2. The molecule has 2 bridgehead atoms. The number of amides is 2. The molecule has 3 aliphatic rings. The summed E-state index contributed by atoms with van der Waals surface area (Å²) in [5.41, 5.74) is 0.108. The molecule has 3 heterocycles. The van der Waals surface area contributed by atoms with E-state index >= 15 is 0 Å². The predicted octanol–water partition coefficient (Wildman–Crippen LogP) is 1.41. The molecule has 118 valence electrons. The van der Waals surface area contributed by atoms with E-state index in [1.165, 1.54) is 0 Å². The summed E-state index contributed by atoms with van der Waals surface area (Å²) in [7, 11) is 0. The molecule has 2 amide bonds. The Hall–Kier alpha value is -1.10. The Labute approximate surface area is 126 Å². The number of carbonyl (C=O) groups is 2. The first-order valence-corrected chi connectivity index (χ1v) is 8.18. The first-order chi connectivity index (χ1) is 9.94. The highest BCUT2D eigenvalue weighted by molar-refractivity contribution is 6.34. The lowest BCUT2D eigenvalue weighted by atomic mass is 9.88. The van der Waals surface area contributed by atoms with Gasteiger partial charge in [0.1, 0.15) is 0 Å². The lowest BCUT2D eigenvalue weighted by Crippen LogP contribution is -2.52. The second-order valence-electron chi connectivity index (χ2n) is 7.52. The van der Waals surface area contributed by atoms with Gasteiger partial charge in [-0.3, -0.25) is 9.59 Å². The van der Waals surface area contributed by atoms with E-state index in [1.54, 1.807) is 9.80 Å². The monoisotopic (exact) mass is 294 g/mol. The van der Waals surface area contributed by atoms with Crippen LogP contribution >= 0.6 is 0 Å². The van der Waals surface area contributed by atoms with E-state index in [4.69, 9.17) is 4.74 Å². The van der Waals surface area contributed by atoms with Crippen molar-refractivity contribution in [1.29, 1.82) is 0 Å². The van der Waals surface area contributed by atoms with E-state index < -0.39 is 0 Å². The number of ether oxygens (including phenoxy) is 1. The van der Waals surface area contributed by atoms with Crippen molar-refractivity contribution in [3.8, 4) is 0 Å². The molecule has 0 spiro atoms. The van der Waals surface area contributed by atoms with Gasteiger partial charge >= 0.3 is 11.8 Å². The van der Waals surface area contributed by atoms with Gasteiger partial charge in [-0.1, -0.05) is 20.3 Å². The Kier molecular flexibility index (Phi) is 3.95. The van der Waals surface area contributed by atoms with Crippen molar-refractivity contribution < 1.29 is 14.3 Å². The summed E-state index contributed by atoms with van der Waals surface area (Å²) in [5, 5.41) is 0. The van der Waals surface area contributed by atoms with Gasteiger partial charge in [0.05, 0.1) is 12.2 Å². The largest absolute Gasteiger partial charge is 0.371 e. The molecule has 0 aromatic carbocycles. The lowest BCUT2D eigenvalue weighted by molar-refractivity contribution is -0.157. The number of morpholine rings is 1. The van der Waals surface area contributed by atoms with Crippen molar-refractivity contribution in [2.24, 2.45) is 5.41 Å². The molecule has 0 aromatic rings. The molecule has 3 rings (SSSR count). The molecule has 3 fully saturated rings. The molecule has 0 saturated carbocycles. The second-order valence-corrected chi connectivity index (χ2v) is 7.52. The average Bonchev–Trinajstić information content (AvgIpc) is 2.67. The maximum absolute atomic E-state index is 12.6. The van der Waals surface area contributed by atoms with Crippen molar-refractivity contribution in [2.45, 2.75) is 58.2 Å². The second kappa shape index (κ2) is 5.59. The molecule has 5 heteroatoms. The highest BCUT2D eigenvalue weighted by Crippen LogP contribution is 2.29. The van der Waals surface area contributed by atoms with Crippen LogP contribution in [0.3, 0.4) is 0 Å². The van der Waals surface area contributed by atoms with Crippen molar-refractivity contribution in [3.63, 3.8) is 0 Å². The zero-order chi connectivity index (χ0) is 15.0. The highest BCUT2D eigenvalue weighted by Gasteiger charge is 2.39. The number of hydrogen-bond donors (Lipinski definition) is 0. The van der Waals surface area contributed by atoms with Crippen molar-refractivity contribution in [2.75, 3.05) is 26.2 Å². The minimum atomic E-state index is -0.326. The van der Waals surface area contributed by atoms with Crippen LogP contribution in [0.5, 0.6) is 0 Å². The number of hydrogen-bond acceptors (Lipinski definition) is 3. The number of fused-ring (bicyclic) bond motifs is 2. The summed E-state index contributed by atoms with van der Waals surface area (Å²) in [6.45, 7) is 6.92. The van der Waals surface area contributed by atoms with Crippen LogP contribution in [0.25, 0.3) is 0 Å². The summed E-state index contributed by atoms with van der Waals surface area (Å²) in [6, 6.07) is 0. The molecule has 0 N–H and O–H groups in total. The summed E-state index contributed by atoms with van der Waals surface area (Å²) in [6.07, 6.45) is 5.55. The van der Waals surface area contributed by atoms with Crippen molar-refractivity contribution in [3.05, 3.63) is 0 Å². The van der Waals surface area contributed by atoms with Gasteiger partial charge in [0.25, 0.3) is 0 Å². The van der Waals surface area contributed by atoms with Crippen LogP contribution in [0, 0.1) is 5.41 Å². The minimum Gasteiger partial charge on any atom is -0.371 e. The fourth-order valence-corrected chi connectivity index (χ4v) is 3.81. The molecule has 2 atom stereocenters. The van der Waals surface area contributed by atoms with E-state index in [-0.39, 0.29) is 29.4 Å². The van der Waals surface area contributed by atoms with E-state index in [0.29, 0.717) is 26.2 Å². The van der Waals surface area contributed by atoms with Gasteiger partial charge in [-0.25, -0.2) is 0 Å². The van der Waals surface area contributed by atoms with E-state index in [9.17, 15) is 9.59 Å². The molecular formula is C16H26N2O3. The fourth-order valence-electron chi connectivity index (χ4n) is 3.81. The molecule has 2 unspecified atom stereocenters. The molecule has 21 heavy (non-hydrogen) atoms. The van der Waals surface area contributed by atoms with Crippen LogP contribution in [0.4, 0.5) is 0 Å². The molecule has 5 nitrogen and oxygen atoms in total. The lowest BCUT2D eigenvalue weighted by Gasteiger charge is -2.34. The van der Waals surface area contributed by atoms with E-state index in [2.05, 4.69) is 13.8 Å². The summed E-state index contributed by atoms with van der Waals surface area (Å²) in [5.74, 6) is -0.640. The average molecular weight is 294 g/mol. The zero-order valence-corrected chi connectivity index (χ0v) is 13.1. The summed E-state index contributed by atoms with van der Waals surface area (Å²) >= 11 is 0. The Morgan fingerprint density at radius 1 is 1.00 bits per heavy atom. The molecule has 0 radical (unpaired) electrons. The zero-order valence-electron chi connectivity index (χ0n) is 13.1. The standard InChI is InChI=1S/C16H26N2O3/c1-16(2)7-3-4-8-17(11-16)14(19)15(20)18-9-12-5-6-13(10-18)21-12/h12-13H,3-11H2,1-2H3. The van der Waals surface area contributed by atoms with Crippen molar-refractivity contribution >= 4 is 11.8 Å². The summed E-state index contributed by atoms with van der Waals surface area (Å²) < 4.78 is 5.74. The van der Waals surface area contributed by atoms with Crippen molar-refractivity contribution in [1.82, 2.24) is 9.80 Å². The molecule has 0 aromatic heterocycles.